The molecule has 7 nitrogen and oxygen atoms in total. The number of nitrogens with zero attached hydrogens (tertiary/aromatic N) is 2. The molecule has 0 unspecified atom stereocenters. The minimum atomic E-state index is -0.336. The predicted molar refractivity (Wildman–Crippen MR) is 106 cm³/mol. The average molecular weight is 399 g/mol. The molecule has 0 spiro atoms. The number of nitrogens with one attached hydrogen (secondary N) is 2. The molecule has 0 bridgehead atoms. The van der Waals surface area contributed by atoms with E-state index in [2.05, 4.69) is 20.3 Å². The van der Waals surface area contributed by atoms with Crippen molar-refractivity contribution < 1.29 is 9.53 Å². The van der Waals surface area contributed by atoms with E-state index in [1.807, 2.05) is 0 Å². The first-order valence-electron chi connectivity index (χ1n) is 8.68. The zero-order valence-electron chi connectivity index (χ0n) is 15.2. The molecule has 0 atom stereocenters. The number of H-pyrrole nitrogens is 1. The van der Waals surface area contributed by atoms with Gasteiger partial charge in [0.15, 0.2) is 0 Å². The normalized spacial score (nSPS) is 10.5. The summed E-state index contributed by atoms with van der Waals surface area (Å²) >= 11 is 5.89. The Kier molecular flexibility index (Phi) is 6.39. The second-order valence-electron chi connectivity index (χ2n) is 6.05. The van der Waals surface area contributed by atoms with Gasteiger partial charge in [0.25, 0.3) is 5.56 Å². The lowest BCUT2D eigenvalue weighted by atomic mass is 10.1. The van der Waals surface area contributed by atoms with Crippen molar-refractivity contribution in [3.05, 3.63) is 75.4 Å². The van der Waals surface area contributed by atoms with Crippen LogP contribution in [0.4, 0.5) is 0 Å². The fraction of sp³-hybridized carbons (Fsp3) is 0.200. The van der Waals surface area contributed by atoms with Gasteiger partial charge in [-0.05, 0) is 37.3 Å². The van der Waals surface area contributed by atoms with Crippen LogP contribution in [0.2, 0.25) is 5.02 Å². The Morgan fingerprint density at radius 2 is 2.14 bits per heavy atom. The monoisotopic (exact) mass is 398 g/mol. The average Bonchev–Trinajstić information content (AvgIpc) is 2.69. The van der Waals surface area contributed by atoms with Gasteiger partial charge in [0.1, 0.15) is 18.2 Å². The largest absolute Gasteiger partial charge is 0.492 e. The molecule has 0 radical (unpaired) electrons. The van der Waals surface area contributed by atoms with Gasteiger partial charge in [-0.2, -0.15) is 0 Å². The van der Waals surface area contributed by atoms with E-state index in [1.54, 1.807) is 55.7 Å². The number of hydrogen-bond acceptors (Lipinski definition) is 5. The van der Waals surface area contributed by atoms with Crippen LogP contribution in [0.25, 0.3) is 11.4 Å². The maximum Gasteiger partial charge on any atom is 0.255 e. The van der Waals surface area contributed by atoms with E-state index in [0.29, 0.717) is 46.6 Å². The molecule has 0 saturated carbocycles. The molecule has 3 aromatic rings. The molecule has 0 fully saturated rings. The number of pyridine rings is 1. The molecule has 144 valence electrons. The number of halogens is 1. The van der Waals surface area contributed by atoms with Gasteiger partial charge in [0, 0.05) is 34.2 Å². The number of hydrogen-bond donors (Lipinski definition) is 2. The lowest BCUT2D eigenvalue weighted by molar-refractivity contribution is -0.120. The molecule has 0 saturated heterocycles. The third-order valence-corrected chi connectivity index (χ3v) is 4.22. The van der Waals surface area contributed by atoms with Crippen molar-refractivity contribution in [3.8, 4) is 17.1 Å². The third kappa shape index (κ3) is 5.17. The lowest BCUT2D eigenvalue weighted by Gasteiger charge is -2.09. The Balaban J connectivity index is 1.56. The van der Waals surface area contributed by atoms with Crippen molar-refractivity contribution in [2.75, 3.05) is 13.2 Å². The quantitative estimate of drug-likeness (QED) is 0.596. The van der Waals surface area contributed by atoms with Gasteiger partial charge >= 0.3 is 0 Å². The van der Waals surface area contributed by atoms with Crippen LogP contribution in [0.15, 0.2) is 53.6 Å². The Bertz CT molecular complexity index is 1020. The van der Waals surface area contributed by atoms with Crippen LogP contribution in [0.5, 0.6) is 5.75 Å². The molecule has 2 N–H and O–H groups in total. The first-order chi connectivity index (χ1) is 13.5. The molecule has 8 heteroatoms. The molecular weight excluding hydrogens is 380 g/mol. The molecular formula is C20H19ClN4O3. The minimum Gasteiger partial charge on any atom is -0.492 e. The Labute approximate surface area is 166 Å². The van der Waals surface area contributed by atoms with E-state index >= 15 is 0 Å². The summed E-state index contributed by atoms with van der Waals surface area (Å²) in [6.07, 6.45) is 3.20. The summed E-state index contributed by atoms with van der Waals surface area (Å²) in [4.78, 5) is 35.7. The van der Waals surface area contributed by atoms with Crippen molar-refractivity contribution in [2.45, 2.75) is 13.3 Å². The number of rotatable bonds is 7. The second kappa shape index (κ2) is 9.14. The van der Waals surface area contributed by atoms with Crippen LogP contribution in [0.1, 0.15) is 11.3 Å². The fourth-order valence-corrected chi connectivity index (χ4v) is 2.78. The van der Waals surface area contributed by atoms with Crippen molar-refractivity contribution in [3.63, 3.8) is 0 Å². The van der Waals surface area contributed by atoms with Gasteiger partial charge in [-0.3, -0.25) is 14.6 Å². The van der Waals surface area contributed by atoms with Gasteiger partial charge in [-0.15, -0.1) is 0 Å². The molecule has 0 aliphatic rings. The van der Waals surface area contributed by atoms with E-state index in [0.717, 1.165) is 0 Å². The van der Waals surface area contributed by atoms with Crippen LogP contribution in [-0.2, 0) is 11.2 Å². The maximum atomic E-state index is 12.4. The Morgan fingerprint density at radius 3 is 2.86 bits per heavy atom. The van der Waals surface area contributed by atoms with Crippen LogP contribution >= 0.6 is 11.6 Å². The predicted octanol–water partition coefficient (Wildman–Crippen LogP) is 2.53. The molecule has 0 aliphatic heterocycles. The number of aromatic nitrogens is 3. The number of aryl methyl sites for hydroxylation is 1. The van der Waals surface area contributed by atoms with Gasteiger partial charge in [0.2, 0.25) is 5.91 Å². The van der Waals surface area contributed by atoms with Crippen LogP contribution < -0.4 is 15.6 Å². The number of benzene rings is 1. The first-order valence-corrected chi connectivity index (χ1v) is 9.06. The Morgan fingerprint density at radius 1 is 1.29 bits per heavy atom. The first kappa shape index (κ1) is 19.6. The van der Waals surface area contributed by atoms with Crippen molar-refractivity contribution >= 4 is 17.5 Å². The fourth-order valence-electron chi connectivity index (χ4n) is 2.60. The highest BCUT2D eigenvalue weighted by Gasteiger charge is 2.13. The zero-order valence-corrected chi connectivity index (χ0v) is 16.0. The summed E-state index contributed by atoms with van der Waals surface area (Å²) in [7, 11) is 0. The molecule has 3 rings (SSSR count). The highest BCUT2D eigenvalue weighted by Crippen LogP contribution is 2.16. The standard InChI is InChI=1S/C20H19ClN4O3/c1-13-17(20(27)25-19(24-13)14-4-3-7-22-12-14)11-18(26)23-8-9-28-16-6-2-5-15(21)10-16/h2-7,10,12H,8-9,11H2,1H3,(H,23,26)(H,24,25,27). The smallest absolute Gasteiger partial charge is 0.255 e. The summed E-state index contributed by atoms with van der Waals surface area (Å²) in [6.45, 7) is 2.31. The summed E-state index contributed by atoms with van der Waals surface area (Å²) in [5, 5.41) is 3.31. The van der Waals surface area contributed by atoms with Gasteiger partial charge in [-0.1, -0.05) is 17.7 Å². The zero-order chi connectivity index (χ0) is 19.9. The summed E-state index contributed by atoms with van der Waals surface area (Å²) in [5.41, 5.74) is 1.21. The topological polar surface area (TPSA) is 97.0 Å². The molecule has 1 aromatic carbocycles. The summed E-state index contributed by atoms with van der Waals surface area (Å²) < 4.78 is 5.51. The lowest BCUT2D eigenvalue weighted by Crippen LogP contribution is -2.32. The SMILES string of the molecule is Cc1nc(-c2cccnc2)[nH]c(=O)c1CC(=O)NCCOc1cccc(Cl)c1. The van der Waals surface area contributed by atoms with Gasteiger partial charge < -0.3 is 15.0 Å². The molecule has 28 heavy (non-hydrogen) atoms. The van der Waals surface area contributed by atoms with Crippen LogP contribution in [-0.4, -0.2) is 34.0 Å². The molecule has 2 heterocycles. The van der Waals surface area contributed by atoms with E-state index in [4.69, 9.17) is 16.3 Å². The van der Waals surface area contributed by atoms with E-state index in [9.17, 15) is 9.59 Å². The van der Waals surface area contributed by atoms with Crippen molar-refractivity contribution in [1.29, 1.82) is 0 Å². The van der Waals surface area contributed by atoms with E-state index in [1.165, 1.54) is 0 Å². The van der Waals surface area contributed by atoms with Gasteiger partial charge in [0.05, 0.1) is 13.0 Å². The number of carbonyl (C=O) groups excluding carboxylic acids is 1. The summed E-state index contributed by atoms with van der Waals surface area (Å²) in [5.74, 6) is 0.776. The van der Waals surface area contributed by atoms with Crippen LogP contribution in [0.3, 0.4) is 0 Å². The summed E-state index contributed by atoms with van der Waals surface area (Å²) in [6, 6.07) is 10.6. The van der Waals surface area contributed by atoms with Gasteiger partial charge in [-0.25, -0.2) is 4.98 Å². The van der Waals surface area contributed by atoms with E-state index in [-0.39, 0.29) is 17.9 Å². The number of amides is 1. The molecule has 2 aromatic heterocycles. The number of carbonyl (C=O) groups is 1. The minimum absolute atomic E-state index is 0.0569. The Hall–Kier alpha value is -3.19. The van der Waals surface area contributed by atoms with Crippen molar-refractivity contribution in [2.24, 2.45) is 0 Å². The molecule has 1 amide bonds. The number of aromatic amines is 1. The number of ether oxygens (including phenoxy) is 1. The highest BCUT2D eigenvalue weighted by molar-refractivity contribution is 6.30. The van der Waals surface area contributed by atoms with Crippen LogP contribution in [0, 0.1) is 6.92 Å². The molecule has 0 aliphatic carbocycles. The third-order valence-electron chi connectivity index (χ3n) is 3.98. The second-order valence-corrected chi connectivity index (χ2v) is 6.49. The van der Waals surface area contributed by atoms with E-state index < -0.39 is 0 Å². The highest BCUT2D eigenvalue weighted by atomic mass is 35.5. The maximum absolute atomic E-state index is 12.4. The van der Waals surface area contributed by atoms with Crippen molar-refractivity contribution in [1.82, 2.24) is 20.3 Å².